The number of aryl methyl sites for hydroxylation is 1. The molecule has 5 nitrogen and oxygen atoms in total. The molecule has 6 heteroatoms. The Kier molecular flexibility index (Phi) is 5.01. The lowest BCUT2D eigenvalue weighted by molar-refractivity contribution is -0.139. The van der Waals surface area contributed by atoms with Gasteiger partial charge in [-0.2, -0.15) is 0 Å². The molecule has 4 heterocycles. The molecule has 0 aromatic carbocycles. The first-order chi connectivity index (χ1) is 12.9. The van der Waals surface area contributed by atoms with Gasteiger partial charge >= 0.3 is 0 Å². The highest BCUT2D eigenvalue weighted by molar-refractivity contribution is 7.17. The summed E-state index contributed by atoms with van der Waals surface area (Å²) in [6.45, 7) is 7.48. The number of thiophene rings is 1. The van der Waals surface area contributed by atoms with Crippen molar-refractivity contribution >= 4 is 33.4 Å². The van der Waals surface area contributed by atoms with Gasteiger partial charge in [-0.05, 0) is 48.6 Å². The van der Waals surface area contributed by atoms with E-state index in [2.05, 4.69) is 30.2 Å². The van der Waals surface area contributed by atoms with Crippen LogP contribution in [0.25, 0.3) is 10.2 Å². The number of hydrogen-bond acceptors (Lipinski definition) is 3. The molecule has 2 fully saturated rings. The summed E-state index contributed by atoms with van der Waals surface area (Å²) in [6, 6.07) is 4.04. The maximum absolute atomic E-state index is 13.1. The van der Waals surface area contributed by atoms with Crippen molar-refractivity contribution in [2.75, 3.05) is 26.2 Å². The highest BCUT2D eigenvalue weighted by Crippen LogP contribution is 2.28. The Morgan fingerprint density at radius 2 is 1.85 bits per heavy atom. The van der Waals surface area contributed by atoms with E-state index in [1.165, 1.54) is 6.42 Å². The zero-order valence-corrected chi connectivity index (χ0v) is 17.3. The molecule has 2 aromatic heterocycles. The molecule has 4 rings (SSSR count). The average molecular weight is 388 g/mol. The van der Waals surface area contributed by atoms with Crippen LogP contribution in [0, 0.1) is 17.8 Å². The maximum atomic E-state index is 13.1. The Balaban J connectivity index is 1.47. The third-order valence-corrected chi connectivity index (χ3v) is 6.97. The summed E-state index contributed by atoms with van der Waals surface area (Å²) in [5.74, 6) is 1.38. The van der Waals surface area contributed by atoms with Crippen molar-refractivity contribution in [2.24, 2.45) is 24.8 Å². The molecule has 146 valence electrons. The molecular formula is C21H29N3O2S. The third kappa shape index (κ3) is 3.51. The minimum absolute atomic E-state index is 0.0541. The number of amides is 2. The van der Waals surface area contributed by atoms with E-state index in [0.717, 1.165) is 48.4 Å². The number of rotatable bonds is 2. The fourth-order valence-electron chi connectivity index (χ4n) is 4.88. The van der Waals surface area contributed by atoms with Crippen LogP contribution >= 0.6 is 11.3 Å². The Morgan fingerprint density at radius 3 is 2.56 bits per heavy atom. The topological polar surface area (TPSA) is 45.6 Å². The zero-order valence-electron chi connectivity index (χ0n) is 16.5. The smallest absolute Gasteiger partial charge is 0.270 e. The van der Waals surface area contributed by atoms with Crippen LogP contribution in [0.15, 0.2) is 17.5 Å². The second-order valence-electron chi connectivity index (χ2n) is 8.54. The number of likely N-dealkylation sites (tertiary alicyclic amines) is 2. The molecule has 0 N–H and O–H groups in total. The van der Waals surface area contributed by atoms with E-state index in [4.69, 9.17) is 0 Å². The van der Waals surface area contributed by atoms with E-state index >= 15 is 0 Å². The largest absolute Gasteiger partial charge is 0.342 e. The van der Waals surface area contributed by atoms with Crippen LogP contribution in [0.2, 0.25) is 0 Å². The number of fused-ring (bicyclic) bond motifs is 1. The molecule has 2 amide bonds. The molecule has 0 aliphatic carbocycles. The lowest BCUT2D eigenvalue weighted by Crippen LogP contribution is -2.50. The van der Waals surface area contributed by atoms with Crippen molar-refractivity contribution in [2.45, 2.75) is 33.1 Å². The lowest BCUT2D eigenvalue weighted by atomic mass is 9.89. The summed E-state index contributed by atoms with van der Waals surface area (Å²) in [4.78, 5) is 30.2. The SMILES string of the molecule is CC1CC(C)CN(C(=O)C2CCCN(C(=O)c3cc4sccc4n3C)C2)C1. The predicted octanol–water partition coefficient (Wildman–Crippen LogP) is 3.60. The highest BCUT2D eigenvalue weighted by Gasteiger charge is 2.34. The number of aromatic nitrogens is 1. The van der Waals surface area contributed by atoms with Crippen LogP contribution in [0.3, 0.4) is 0 Å². The van der Waals surface area contributed by atoms with Crippen molar-refractivity contribution in [3.05, 3.63) is 23.2 Å². The molecule has 2 saturated heterocycles. The summed E-state index contributed by atoms with van der Waals surface area (Å²) >= 11 is 1.66. The van der Waals surface area contributed by atoms with E-state index in [1.807, 2.05) is 22.6 Å². The first-order valence-electron chi connectivity index (χ1n) is 10.0. The number of carbonyl (C=O) groups excluding carboxylic acids is 2. The van der Waals surface area contributed by atoms with Crippen LogP contribution in [0.5, 0.6) is 0 Å². The Hall–Kier alpha value is -1.82. The van der Waals surface area contributed by atoms with E-state index in [9.17, 15) is 9.59 Å². The number of piperidine rings is 2. The summed E-state index contributed by atoms with van der Waals surface area (Å²) in [6.07, 6.45) is 2.99. The molecule has 27 heavy (non-hydrogen) atoms. The molecular weight excluding hydrogens is 358 g/mol. The van der Waals surface area contributed by atoms with Gasteiger partial charge in [-0.3, -0.25) is 9.59 Å². The molecule has 0 spiro atoms. The summed E-state index contributed by atoms with van der Waals surface area (Å²) < 4.78 is 3.12. The van der Waals surface area contributed by atoms with Crippen molar-refractivity contribution in [1.82, 2.24) is 14.4 Å². The van der Waals surface area contributed by atoms with Gasteiger partial charge in [-0.25, -0.2) is 0 Å². The van der Waals surface area contributed by atoms with Gasteiger partial charge in [0.25, 0.3) is 5.91 Å². The normalized spacial score (nSPS) is 26.6. The number of nitrogens with zero attached hydrogens (tertiary/aromatic N) is 3. The summed E-state index contributed by atoms with van der Waals surface area (Å²) in [5, 5.41) is 2.05. The molecule has 3 atom stereocenters. The van der Waals surface area contributed by atoms with Gasteiger partial charge in [0.15, 0.2) is 0 Å². The Labute approximate surface area is 164 Å². The summed E-state index contributed by atoms with van der Waals surface area (Å²) in [7, 11) is 1.95. The van der Waals surface area contributed by atoms with Gasteiger partial charge < -0.3 is 14.4 Å². The van der Waals surface area contributed by atoms with Gasteiger partial charge in [0, 0.05) is 33.2 Å². The lowest BCUT2D eigenvalue weighted by Gasteiger charge is -2.39. The fraction of sp³-hybridized carbons (Fsp3) is 0.619. The second kappa shape index (κ2) is 7.30. The first-order valence-corrected chi connectivity index (χ1v) is 10.9. The number of carbonyl (C=O) groups is 2. The van der Waals surface area contributed by atoms with Crippen LogP contribution in [-0.4, -0.2) is 52.4 Å². The molecule has 0 radical (unpaired) electrons. The molecule has 0 bridgehead atoms. The predicted molar refractivity (Wildman–Crippen MR) is 109 cm³/mol. The monoisotopic (exact) mass is 387 g/mol. The van der Waals surface area contributed by atoms with Crippen LogP contribution in [-0.2, 0) is 11.8 Å². The quantitative estimate of drug-likeness (QED) is 0.790. The van der Waals surface area contributed by atoms with Crippen LogP contribution < -0.4 is 0 Å². The molecule has 0 saturated carbocycles. The van der Waals surface area contributed by atoms with Gasteiger partial charge in [0.2, 0.25) is 5.91 Å². The molecule has 2 aliphatic heterocycles. The van der Waals surface area contributed by atoms with Gasteiger partial charge in [0.05, 0.1) is 16.1 Å². The van der Waals surface area contributed by atoms with E-state index in [0.29, 0.717) is 18.4 Å². The van der Waals surface area contributed by atoms with Gasteiger partial charge in [-0.15, -0.1) is 11.3 Å². The highest BCUT2D eigenvalue weighted by atomic mass is 32.1. The van der Waals surface area contributed by atoms with Gasteiger partial charge in [-0.1, -0.05) is 13.8 Å². The minimum Gasteiger partial charge on any atom is -0.342 e. The zero-order chi connectivity index (χ0) is 19.1. The molecule has 2 aromatic rings. The number of hydrogen-bond donors (Lipinski definition) is 0. The van der Waals surface area contributed by atoms with Crippen molar-refractivity contribution in [3.63, 3.8) is 0 Å². The summed E-state index contributed by atoms with van der Waals surface area (Å²) in [5.41, 5.74) is 1.83. The Bertz CT molecular complexity index is 845. The van der Waals surface area contributed by atoms with Crippen LogP contribution in [0.1, 0.15) is 43.6 Å². The fourth-order valence-corrected chi connectivity index (χ4v) is 5.73. The Morgan fingerprint density at radius 1 is 1.11 bits per heavy atom. The van der Waals surface area contributed by atoms with Crippen molar-refractivity contribution < 1.29 is 9.59 Å². The van der Waals surface area contributed by atoms with Crippen LogP contribution in [0.4, 0.5) is 0 Å². The maximum Gasteiger partial charge on any atom is 0.270 e. The third-order valence-electron chi connectivity index (χ3n) is 6.12. The standard InChI is InChI=1S/C21H29N3O2S/c1-14-9-15(2)12-24(11-14)20(25)16-5-4-7-23(13-16)21(26)18-10-19-17(22(18)3)6-8-27-19/h6,8,10,14-16H,4-5,7,9,11-13H2,1-3H3. The van der Waals surface area contributed by atoms with Crippen molar-refractivity contribution in [1.29, 1.82) is 0 Å². The van der Waals surface area contributed by atoms with E-state index < -0.39 is 0 Å². The molecule has 2 aliphatic rings. The van der Waals surface area contributed by atoms with E-state index in [1.54, 1.807) is 11.3 Å². The first kappa shape index (κ1) is 18.5. The second-order valence-corrected chi connectivity index (χ2v) is 9.49. The van der Waals surface area contributed by atoms with Crippen molar-refractivity contribution in [3.8, 4) is 0 Å². The van der Waals surface area contributed by atoms with E-state index in [-0.39, 0.29) is 17.7 Å². The minimum atomic E-state index is -0.0541. The average Bonchev–Trinajstić information content (AvgIpc) is 3.23. The molecule has 3 unspecified atom stereocenters. The van der Waals surface area contributed by atoms with Gasteiger partial charge in [0.1, 0.15) is 5.69 Å².